The molecule has 0 aliphatic rings. The van der Waals surface area contributed by atoms with Gasteiger partial charge in [-0.1, -0.05) is 45.4 Å². The molecule has 0 amide bonds. The average molecular weight is 245 g/mol. The molecule has 0 atom stereocenters. The minimum Gasteiger partial charge on any atom is -0.346 e. The van der Waals surface area contributed by atoms with Crippen molar-refractivity contribution in [2.45, 2.75) is 58.3 Å². The van der Waals surface area contributed by atoms with Crippen LogP contribution in [0, 0.1) is 0 Å². The summed E-state index contributed by atoms with van der Waals surface area (Å²) in [6, 6.07) is 2.08. The number of nitrogens with zero attached hydrogens (tertiary/aromatic N) is 2. The first-order valence-corrected chi connectivity index (χ1v) is 7.18. The molecule has 0 aliphatic carbocycles. The summed E-state index contributed by atoms with van der Waals surface area (Å²) in [6.45, 7) is 2.26. The van der Waals surface area contributed by atoms with Gasteiger partial charge in [0.05, 0.1) is 5.69 Å². The van der Waals surface area contributed by atoms with E-state index in [0.717, 1.165) is 12.1 Å². The number of hydrogen-bond acceptors (Lipinski definition) is 2. The van der Waals surface area contributed by atoms with Gasteiger partial charge in [-0.05, 0) is 18.9 Å². The Hall–Kier alpha value is -1.38. The number of rotatable bonds is 8. The minimum atomic E-state index is 0.961. The maximum absolute atomic E-state index is 4.40. The molecule has 0 spiro atoms. The first-order valence-electron chi connectivity index (χ1n) is 7.18. The highest BCUT2D eigenvalue weighted by Crippen LogP contribution is 2.16. The van der Waals surface area contributed by atoms with E-state index in [1.165, 1.54) is 56.0 Å². The molecule has 2 rings (SSSR count). The van der Waals surface area contributed by atoms with Gasteiger partial charge in [0.25, 0.3) is 0 Å². The van der Waals surface area contributed by atoms with E-state index in [9.17, 15) is 0 Å². The van der Waals surface area contributed by atoms with Crippen molar-refractivity contribution in [3.63, 3.8) is 0 Å². The molecular formula is C15H23N3. The van der Waals surface area contributed by atoms with Crippen LogP contribution >= 0.6 is 0 Å². The van der Waals surface area contributed by atoms with E-state index in [2.05, 4.69) is 27.9 Å². The van der Waals surface area contributed by atoms with Crippen molar-refractivity contribution < 1.29 is 0 Å². The molecule has 0 fully saturated rings. The number of hydrogen-bond donors (Lipinski definition) is 1. The molecule has 18 heavy (non-hydrogen) atoms. The van der Waals surface area contributed by atoms with Gasteiger partial charge in [0.15, 0.2) is 0 Å². The third-order valence-corrected chi connectivity index (χ3v) is 3.45. The smallest absolute Gasteiger partial charge is 0.140 e. The maximum Gasteiger partial charge on any atom is 0.140 e. The van der Waals surface area contributed by atoms with Crippen LogP contribution in [-0.4, -0.2) is 15.0 Å². The number of unbranched alkanes of at least 4 members (excludes halogenated alkanes) is 6. The highest BCUT2D eigenvalue weighted by Gasteiger charge is 2.03. The lowest BCUT2D eigenvalue weighted by Gasteiger charge is -2.02. The Morgan fingerprint density at radius 1 is 1.00 bits per heavy atom. The van der Waals surface area contributed by atoms with Crippen molar-refractivity contribution in [3.05, 3.63) is 24.3 Å². The van der Waals surface area contributed by atoms with Crippen LogP contribution in [-0.2, 0) is 6.42 Å². The fourth-order valence-corrected chi connectivity index (χ4v) is 2.37. The van der Waals surface area contributed by atoms with Crippen molar-refractivity contribution >= 4 is 11.0 Å². The highest BCUT2D eigenvalue weighted by atomic mass is 14.9. The third-order valence-electron chi connectivity index (χ3n) is 3.45. The van der Waals surface area contributed by atoms with Crippen LogP contribution < -0.4 is 0 Å². The van der Waals surface area contributed by atoms with Crippen LogP contribution in [0.15, 0.2) is 18.6 Å². The van der Waals surface area contributed by atoms with E-state index in [1.54, 1.807) is 6.33 Å². The van der Waals surface area contributed by atoms with E-state index in [0.29, 0.717) is 0 Å². The van der Waals surface area contributed by atoms with Crippen molar-refractivity contribution in [3.8, 4) is 0 Å². The Kier molecular flexibility index (Phi) is 5.18. The van der Waals surface area contributed by atoms with Crippen molar-refractivity contribution in [2.75, 3.05) is 0 Å². The Balaban J connectivity index is 1.72. The fraction of sp³-hybridized carbons (Fsp3) is 0.600. The van der Waals surface area contributed by atoms with Crippen LogP contribution in [0.1, 0.15) is 57.6 Å². The summed E-state index contributed by atoms with van der Waals surface area (Å²) in [5, 5.41) is 1.18. The lowest BCUT2D eigenvalue weighted by molar-refractivity contribution is 0.588. The number of H-pyrrole nitrogens is 1. The second kappa shape index (κ2) is 7.14. The zero-order valence-corrected chi connectivity index (χ0v) is 11.3. The van der Waals surface area contributed by atoms with Crippen LogP contribution in [0.25, 0.3) is 11.0 Å². The number of aromatic nitrogens is 3. The van der Waals surface area contributed by atoms with Crippen LogP contribution in [0.2, 0.25) is 0 Å². The van der Waals surface area contributed by atoms with Crippen molar-refractivity contribution in [1.82, 2.24) is 15.0 Å². The maximum atomic E-state index is 4.40. The number of aryl methyl sites for hydroxylation is 1. The molecule has 0 radical (unpaired) electrons. The minimum absolute atomic E-state index is 0.961. The molecule has 3 nitrogen and oxygen atoms in total. The molecule has 2 heterocycles. The Labute approximate surface area is 109 Å². The van der Waals surface area contributed by atoms with E-state index >= 15 is 0 Å². The van der Waals surface area contributed by atoms with Crippen LogP contribution in [0.3, 0.4) is 0 Å². The molecular weight excluding hydrogens is 222 g/mol. The lowest BCUT2D eigenvalue weighted by atomic mass is 10.1. The zero-order chi connectivity index (χ0) is 12.6. The second-order valence-electron chi connectivity index (χ2n) is 4.93. The summed E-state index contributed by atoms with van der Waals surface area (Å²) >= 11 is 0. The normalized spacial score (nSPS) is 11.2. The van der Waals surface area contributed by atoms with E-state index < -0.39 is 0 Å². The van der Waals surface area contributed by atoms with Crippen LogP contribution in [0.4, 0.5) is 0 Å². The molecule has 0 saturated heterocycles. The standard InChI is InChI=1S/C15H23N3/c1-2-3-4-5-6-7-8-9-14-13-10-11-16-15(13)18-12-17-14/h10-12H,2-9H2,1H3,(H,16,17,18). The number of fused-ring (bicyclic) bond motifs is 1. The number of nitrogens with one attached hydrogen (secondary N) is 1. The van der Waals surface area contributed by atoms with E-state index in [1.807, 2.05) is 6.20 Å². The number of aromatic amines is 1. The lowest BCUT2D eigenvalue weighted by Crippen LogP contribution is -1.93. The van der Waals surface area contributed by atoms with E-state index in [4.69, 9.17) is 0 Å². The Morgan fingerprint density at radius 3 is 2.61 bits per heavy atom. The first kappa shape index (κ1) is 13.1. The van der Waals surface area contributed by atoms with Gasteiger partial charge >= 0.3 is 0 Å². The Morgan fingerprint density at radius 2 is 1.78 bits per heavy atom. The molecule has 2 aromatic heterocycles. The SMILES string of the molecule is CCCCCCCCCc1ncnc2[nH]ccc12. The molecule has 0 aliphatic heterocycles. The molecule has 0 saturated carbocycles. The average Bonchev–Trinajstić information content (AvgIpc) is 2.86. The van der Waals surface area contributed by atoms with Gasteiger partial charge in [0.1, 0.15) is 12.0 Å². The van der Waals surface area contributed by atoms with E-state index in [-0.39, 0.29) is 0 Å². The molecule has 0 unspecified atom stereocenters. The molecule has 0 bridgehead atoms. The van der Waals surface area contributed by atoms with Gasteiger partial charge in [0, 0.05) is 11.6 Å². The molecule has 3 heteroatoms. The monoisotopic (exact) mass is 245 g/mol. The van der Waals surface area contributed by atoms with Crippen molar-refractivity contribution in [2.24, 2.45) is 0 Å². The molecule has 1 N–H and O–H groups in total. The first-order chi connectivity index (χ1) is 8.92. The van der Waals surface area contributed by atoms with Gasteiger partial charge in [-0.15, -0.1) is 0 Å². The van der Waals surface area contributed by atoms with Gasteiger partial charge in [-0.25, -0.2) is 9.97 Å². The second-order valence-corrected chi connectivity index (χ2v) is 4.93. The van der Waals surface area contributed by atoms with Crippen LogP contribution in [0.5, 0.6) is 0 Å². The highest BCUT2D eigenvalue weighted by molar-refractivity contribution is 5.77. The fourth-order valence-electron chi connectivity index (χ4n) is 2.37. The van der Waals surface area contributed by atoms with Gasteiger partial charge in [0.2, 0.25) is 0 Å². The topological polar surface area (TPSA) is 41.6 Å². The summed E-state index contributed by atoms with van der Waals surface area (Å²) in [4.78, 5) is 11.7. The quantitative estimate of drug-likeness (QED) is 0.706. The third kappa shape index (κ3) is 3.56. The predicted molar refractivity (Wildman–Crippen MR) is 75.6 cm³/mol. The largest absolute Gasteiger partial charge is 0.346 e. The zero-order valence-electron chi connectivity index (χ0n) is 11.3. The Bertz CT molecular complexity index is 461. The molecule has 2 aromatic rings. The molecule has 0 aromatic carbocycles. The summed E-state index contributed by atoms with van der Waals surface area (Å²) < 4.78 is 0. The van der Waals surface area contributed by atoms with Gasteiger partial charge in [-0.3, -0.25) is 0 Å². The summed E-state index contributed by atoms with van der Waals surface area (Å²) in [5.74, 6) is 0. The summed E-state index contributed by atoms with van der Waals surface area (Å²) in [5.41, 5.74) is 2.15. The van der Waals surface area contributed by atoms with Gasteiger partial charge < -0.3 is 4.98 Å². The predicted octanol–water partition coefficient (Wildman–Crippen LogP) is 4.25. The summed E-state index contributed by atoms with van der Waals surface area (Å²) in [7, 11) is 0. The summed E-state index contributed by atoms with van der Waals surface area (Å²) in [6.07, 6.45) is 14.1. The van der Waals surface area contributed by atoms with Gasteiger partial charge in [-0.2, -0.15) is 0 Å². The van der Waals surface area contributed by atoms with Crippen molar-refractivity contribution in [1.29, 1.82) is 0 Å². The molecule has 98 valence electrons.